The minimum absolute atomic E-state index is 0.0135. The van der Waals surface area contributed by atoms with Crippen LogP contribution in [0.5, 0.6) is 11.5 Å². The summed E-state index contributed by atoms with van der Waals surface area (Å²) in [6, 6.07) is 16.5. The molecule has 3 aromatic carbocycles. The molecular weight excluding hydrogens is 454 g/mol. The largest absolute Gasteiger partial charge is 0.507 e. The molecule has 3 aromatic rings. The van der Waals surface area contributed by atoms with Crippen molar-refractivity contribution in [2.24, 2.45) is 0 Å². The van der Waals surface area contributed by atoms with E-state index in [1.54, 1.807) is 48.5 Å². The van der Waals surface area contributed by atoms with Crippen molar-refractivity contribution >= 4 is 34.7 Å². The number of anilines is 1. The molecule has 174 valence electrons. The van der Waals surface area contributed by atoms with Gasteiger partial charge in [-0.1, -0.05) is 53.6 Å². The summed E-state index contributed by atoms with van der Waals surface area (Å²) in [4.78, 5) is 28.1. The third-order valence-electron chi connectivity index (χ3n) is 5.92. The van der Waals surface area contributed by atoms with E-state index in [4.69, 9.17) is 21.1 Å². The second-order valence-electron chi connectivity index (χ2n) is 8.08. The van der Waals surface area contributed by atoms with Crippen molar-refractivity contribution < 1.29 is 24.2 Å². The molecule has 1 heterocycles. The van der Waals surface area contributed by atoms with Crippen LogP contribution in [0.4, 0.5) is 5.69 Å². The van der Waals surface area contributed by atoms with Crippen molar-refractivity contribution in [2.45, 2.75) is 19.9 Å². The van der Waals surface area contributed by atoms with Crippen molar-refractivity contribution in [1.82, 2.24) is 0 Å². The van der Waals surface area contributed by atoms with Crippen LogP contribution in [0.15, 0.2) is 66.2 Å². The van der Waals surface area contributed by atoms with Crippen molar-refractivity contribution in [3.05, 3.63) is 93.5 Å². The number of Topliss-reactive ketones (excluding diaryl/α,β-unsaturated/α-hetero) is 1. The number of aliphatic hydroxyl groups is 1. The van der Waals surface area contributed by atoms with Gasteiger partial charge in [-0.05, 0) is 49.2 Å². The zero-order chi connectivity index (χ0) is 24.6. The quantitative estimate of drug-likeness (QED) is 0.294. The van der Waals surface area contributed by atoms with E-state index >= 15 is 0 Å². The van der Waals surface area contributed by atoms with Gasteiger partial charge in [-0.3, -0.25) is 14.5 Å². The second kappa shape index (κ2) is 9.23. The summed E-state index contributed by atoms with van der Waals surface area (Å²) >= 11 is 6.25. The maximum atomic E-state index is 13.4. The van der Waals surface area contributed by atoms with Crippen LogP contribution in [-0.4, -0.2) is 31.0 Å². The Labute approximate surface area is 203 Å². The molecule has 1 saturated heterocycles. The number of nitrogens with zero attached hydrogens (tertiary/aromatic N) is 1. The third-order valence-corrected chi connectivity index (χ3v) is 6.16. The van der Waals surface area contributed by atoms with Gasteiger partial charge in [0, 0.05) is 16.3 Å². The molecule has 7 heteroatoms. The van der Waals surface area contributed by atoms with E-state index in [9.17, 15) is 14.7 Å². The maximum absolute atomic E-state index is 13.4. The SMILES string of the molecule is COc1ccc(C2/C(=C(\O)c3ccc(C)cc3)C(=O)C(=O)N2c2cc(Cl)ccc2C)cc1OC. The van der Waals surface area contributed by atoms with Gasteiger partial charge in [-0.25, -0.2) is 0 Å². The molecule has 6 nitrogen and oxygen atoms in total. The van der Waals surface area contributed by atoms with Crippen LogP contribution in [0, 0.1) is 13.8 Å². The number of ketones is 1. The number of hydrogen-bond donors (Lipinski definition) is 1. The molecule has 1 aliphatic rings. The first-order valence-corrected chi connectivity index (χ1v) is 11.0. The van der Waals surface area contributed by atoms with Gasteiger partial charge in [0.05, 0.1) is 25.8 Å². The summed E-state index contributed by atoms with van der Waals surface area (Å²) in [6.45, 7) is 3.75. The first-order chi connectivity index (χ1) is 16.3. The fraction of sp³-hybridized carbons (Fsp3) is 0.185. The monoisotopic (exact) mass is 477 g/mol. The molecule has 0 bridgehead atoms. The Balaban J connectivity index is 2.00. The zero-order valence-electron chi connectivity index (χ0n) is 19.3. The first kappa shape index (κ1) is 23.4. The van der Waals surface area contributed by atoms with Crippen LogP contribution >= 0.6 is 11.6 Å². The molecule has 34 heavy (non-hydrogen) atoms. The van der Waals surface area contributed by atoms with Crippen LogP contribution in [0.2, 0.25) is 5.02 Å². The van der Waals surface area contributed by atoms with E-state index in [0.29, 0.717) is 33.3 Å². The highest BCUT2D eigenvalue weighted by atomic mass is 35.5. The van der Waals surface area contributed by atoms with Gasteiger partial charge < -0.3 is 14.6 Å². The fourth-order valence-corrected chi connectivity index (χ4v) is 4.29. The third kappa shape index (κ3) is 4.01. The van der Waals surface area contributed by atoms with E-state index in [1.165, 1.54) is 19.1 Å². The Hall–Kier alpha value is -3.77. The average Bonchev–Trinajstić information content (AvgIpc) is 3.10. The van der Waals surface area contributed by atoms with Crippen molar-refractivity contribution in [3.8, 4) is 11.5 Å². The minimum atomic E-state index is -0.904. The van der Waals surface area contributed by atoms with Gasteiger partial charge in [-0.15, -0.1) is 0 Å². The number of amides is 1. The smallest absolute Gasteiger partial charge is 0.300 e. The highest BCUT2D eigenvalue weighted by Crippen LogP contribution is 2.45. The molecule has 0 aromatic heterocycles. The summed E-state index contributed by atoms with van der Waals surface area (Å²) in [5, 5.41) is 11.7. The molecule has 1 N–H and O–H groups in total. The lowest BCUT2D eigenvalue weighted by atomic mass is 9.94. The molecule has 1 amide bonds. The Morgan fingerprint density at radius 1 is 0.912 bits per heavy atom. The number of halogens is 1. The number of ether oxygens (including phenoxy) is 2. The Morgan fingerprint density at radius 3 is 2.24 bits per heavy atom. The number of carbonyl (C=O) groups is 2. The normalized spacial score (nSPS) is 17.2. The highest BCUT2D eigenvalue weighted by Gasteiger charge is 2.47. The van der Waals surface area contributed by atoms with Gasteiger partial charge in [0.2, 0.25) is 0 Å². The van der Waals surface area contributed by atoms with Gasteiger partial charge in [-0.2, -0.15) is 0 Å². The number of rotatable bonds is 5. The van der Waals surface area contributed by atoms with Crippen LogP contribution < -0.4 is 14.4 Å². The zero-order valence-corrected chi connectivity index (χ0v) is 20.0. The number of hydrogen-bond acceptors (Lipinski definition) is 5. The molecule has 1 atom stereocenters. The molecular formula is C27H24ClNO5. The maximum Gasteiger partial charge on any atom is 0.300 e. The first-order valence-electron chi connectivity index (χ1n) is 10.6. The minimum Gasteiger partial charge on any atom is -0.507 e. The number of aryl methyl sites for hydroxylation is 2. The second-order valence-corrected chi connectivity index (χ2v) is 8.52. The highest BCUT2D eigenvalue weighted by molar-refractivity contribution is 6.52. The Kier molecular flexibility index (Phi) is 6.35. The summed E-state index contributed by atoms with van der Waals surface area (Å²) in [5.74, 6) is -0.847. The number of methoxy groups -OCH3 is 2. The van der Waals surface area contributed by atoms with E-state index in [1.807, 2.05) is 26.0 Å². The number of aliphatic hydroxyl groups excluding tert-OH is 1. The van der Waals surface area contributed by atoms with E-state index in [-0.39, 0.29) is 11.3 Å². The van der Waals surface area contributed by atoms with Crippen LogP contribution in [0.1, 0.15) is 28.3 Å². The van der Waals surface area contributed by atoms with Crippen molar-refractivity contribution in [2.75, 3.05) is 19.1 Å². The molecule has 0 radical (unpaired) electrons. The van der Waals surface area contributed by atoms with Gasteiger partial charge in [0.15, 0.2) is 11.5 Å². The molecule has 0 aliphatic carbocycles. The van der Waals surface area contributed by atoms with Crippen LogP contribution in [-0.2, 0) is 9.59 Å². The van der Waals surface area contributed by atoms with Crippen LogP contribution in [0.25, 0.3) is 5.76 Å². The van der Waals surface area contributed by atoms with Crippen molar-refractivity contribution in [3.63, 3.8) is 0 Å². The fourth-order valence-electron chi connectivity index (χ4n) is 4.13. The lowest BCUT2D eigenvalue weighted by molar-refractivity contribution is -0.132. The summed E-state index contributed by atoms with van der Waals surface area (Å²) in [5.41, 5.74) is 3.25. The molecule has 0 spiro atoms. The topological polar surface area (TPSA) is 76.1 Å². The van der Waals surface area contributed by atoms with E-state index in [0.717, 1.165) is 11.1 Å². The summed E-state index contributed by atoms with van der Waals surface area (Å²) < 4.78 is 10.8. The van der Waals surface area contributed by atoms with Gasteiger partial charge in [0.25, 0.3) is 11.7 Å². The van der Waals surface area contributed by atoms with E-state index < -0.39 is 17.7 Å². The summed E-state index contributed by atoms with van der Waals surface area (Å²) in [7, 11) is 3.03. The number of carbonyl (C=O) groups excluding carboxylic acids is 2. The Bertz CT molecular complexity index is 1310. The van der Waals surface area contributed by atoms with Gasteiger partial charge in [0.1, 0.15) is 5.76 Å². The molecule has 0 saturated carbocycles. The predicted octanol–water partition coefficient (Wildman–Crippen LogP) is 5.60. The average molecular weight is 478 g/mol. The van der Waals surface area contributed by atoms with Crippen LogP contribution in [0.3, 0.4) is 0 Å². The lowest BCUT2D eigenvalue weighted by Gasteiger charge is -2.27. The van der Waals surface area contributed by atoms with E-state index in [2.05, 4.69) is 0 Å². The molecule has 1 aliphatic heterocycles. The Morgan fingerprint density at radius 2 is 1.59 bits per heavy atom. The molecule has 1 unspecified atom stereocenters. The van der Waals surface area contributed by atoms with Crippen molar-refractivity contribution in [1.29, 1.82) is 0 Å². The molecule has 4 rings (SSSR count). The lowest BCUT2D eigenvalue weighted by Crippen LogP contribution is -2.30. The standard InChI is InChI=1S/C27H24ClNO5/c1-15-5-8-17(9-6-15)25(30)23-24(18-10-12-21(33-3)22(13-18)34-4)29(27(32)26(23)31)20-14-19(28)11-7-16(20)2/h5-14,24,30H,1-4H3/b25-23+. The van der Waals surface area contributed by atoms with Gasteiger partial charge >= 0.3 is 0 Å². The summed E-state index contributed by atoms with van der Waals surface area (Å²) in [6.07, 6.45) is 0. The predicted molar refractivity (Wildman–Crippen MR) is 132 cm³/mol. The number of benzene rings is 3. The molecule has 1 fully saturated rings.